The third-order valence-corrected chi connectivity index (χ3v) is 9.85. The molecule has 5 fully saturated rings. The highest BCUT2D eigenvalue weighted by molar-refractivity contribution is 7.09. The molecule has 5 aliphatic rings. The highest BCUT2D eigenvalue weighted by Crippen LogP contribution is 2.55. The van der Waals surface area contributed by atoms with Crippen molar-refractivity contribution in [1.82, 2.24) is 20.9 Å². The number of rotatable bonds is 7. The van der Waals surface area contributed by atoms with Crippen molar-refractivity contribution in [3.63, 3.8) is 0 Å². The fraction of sp³-hybridized carbons (Fsp3) is 0.607. The number of carbonyl (C=O) groups is 2. The van der Waals surface area contributed by atoms with Crippen LogP contribution in [0.25, 0.3) is 0 Å². The molecule has 4 bridgehead atoms. The molecule has 5 aliphatic carbocycles. The normalized spacial score (nSPS) is 32.1. The first-order valence-electron chi connectivity index (χ1n) is 13.7. The monoisotopic (exact) mass is 542 g/mol. The van der Waals surface area contributed by atoms with Crippen molar-refractivity contribution >= 4 is 34.9 Å². The molecule has 2 atom stereocenters. The Hall–Kier alpha value is -2.32. The average Bonchev–Trinajstić information content (AvgIpc) is 3.33. The van der Waals surface area contributed by atoms with Gasteiger partial charge in [-0.1, -0.05) is 24.4 Å². The molecule has 5 saturated carbocycles. The van der Waals surface area contributed by atoms with Gasteiger partial charge in [-0.15, -0.1) is 11.3 Å². The Morgan fingerprint density at radius 2 is 1.59 bits per heavy atom. The maximum atomic E-state index is 13.1. The third-order valence-electron chi connectivity index (χ3n) is 8.78. The molecule has 0 aliphatic heterocycles. The van der Waals surface area contributed by atoms with Gasteiger partial charge < -0.3 is 20.7 Å². The summed E-state index contributed by atoms with van der Waals surface area (Å²) in [6.45, 7) is 0.289. The number of amides is 3. The molecule has 0 spiro atoms. The minimum absolute atomic E-state index is 0.0165. The lowest BCUT2D eigenvalue weighted by Gasteiger charge is -2.56. The molecule has 0 saturated heterocycles. The Bertz CT molecular complexity index is 1100. The van der Waals surface area contributed by atoms with E-state index in [1.165, 1.54) is 30.6 Å². The zero-order chi connectivity index (χ0) is 25.4. The highest BCUT2D eigenvalue weighted by atomic mass is 35.5. The first kappa shape index (κ1) is 25.0. The number of urea groups is 1. The summed E-state index contributed by atoms with van der Waals surface area (Å²) in [5.74, 6) is 2.86. The number of halogens is 1. The maximum Gasteiger partial charge on any atom is 0.315 e. The van der Waals surface area contributed by atoms with Gasteiger partial charge in [0.05, 0.1) is 6.04 Å². The minimum Gasteiger partial charge on any atom is -0.486 e. The fourth-order valence-corrected chi connectivity index (χ4v) is 8.40. The number of thiazole rings is 1. The fourth-order valence-electron chi connectivity index (χ4n) is 7.59. The van der Waals surface area contributed by atoms with Crippen LogP contribution in [0.1, 0.15) is 79.7 Å². The van der Waals surface area contributed by atoms with E-state index in [2.05, 4.69) is 20.9 Å². The SMILES string of the molecule is O=C(N[C@H]1CCCC[C@@H]1NC(=O)c1csc(COc2ccc(Cl)cc2)n1)NC12CC3CC(CC(C3)C1)C2. The summed E-state index contributed by atoms with van der Waals surface area (Å²) in [4.78, 5) is 30.6. The van der Waals surface area contributed by atoms with Crippen LogP contribution in [0.3, 0.4) is 0 Å². The van der Waals surface area contributed by atoms with Gasteiger partial charge in [0.25, 0.3) is 5.91 Å². The molecule has 0 radical (unpaired) electrons. The maximum absolute atomic E-state index is 13.1. The lowest BCUT2D eigenvalue weighted by molar-refractivity contribution is -0.0138. The predicted molar refractivity (Wildman–Crippen MR) is 144 cm³/mol. The lowest BCUT2D eigenvalue weighted by Crippen LogP contribution is -2.63. The van der Waals surface area contributed by atoms with Crippen LogP contribution in [0.5, 0.6) is 5.75 Å². The van der Waals surface area contributed by atoms with Crippen molar-refractivity contribution in [3.8, 4) is 5.75 Å². The van der Waals surface area contributed by atoms with Crippen LogP contribution in [0.15, 0.2) is 29.6 Å². The summed E-state index contributed by atoms with van der Waals surface area (Å²) < 4.78 is 5.75. The minimum atomic E-state index is -0.200. The summed E-state index contributed by atoms with van der Waals surface area (Å²) in [6.07, 6.45) is 11.3. The van der Waals surface area contributed by atoms with Gasteiger partial charge in [-0.3, -0.25) is 4.79 Å². The lowest BCUT2D eigenvalue weighted by atomic mass is 9.53. The summed E-state index contributed by atoms with van der Waals surface area (Å²) in [6, 6.07) is 6.92. The second kappa shape index (κ2) is 10.4. The number of ether oxygens (including phenoxy) is 1. The van der Waals surface area contributed by atoms with Gasteiger partial charge in [0.1, 0.15) is 23.1 Å². The van der Waals surface area contributed by atoms with Crippen molar-refractivity contribution in [2.24, 2.45) is 17.8 Å². The summed E-state index contributed by atoms with van der Waals surface area (Å²) >= 11 is 7.32. The van der Waals surface area contributed by atoms with Crippen LogP contribution in [0.4, 0.5) is 4.79 Å². The molecule has 2 aromatic rings. The van der Waals surface area contributed by atoms with Crippen LogP contribution in [-0.4, -0.2) is 34.5 Å². The Balaban J connectivity index is 1.02. The van der Waals surface area contributed by atoms with E-state index in [0.717, 1.165) is 67.7 Å². The van der Waals surface area contributed by atoms with Crippen molar-refractivity contribution in [2.75, 3.05) is 0 Å². The van der Waals surface area contributed by atoms with Gasteiger partial charge >= 0.3 is 6.03 Å². The quantitative estimate of drug-likeness (QED) is 0.419. The zero-order valence-electron chi connectivity index (χ0n) is 21.0. The first-order valence-corrected chi connectivity index (χ1v) is 14.9. The predicted octanol–water partition coefficient (Wildman–Crippen LogP) is 5.68. The van der Waals surface area contributed by atoms with Crippen molar-refractivity contribution < 1.29 is 14.3 Å². The Morgan fingerprint density at radius 1 is 0.973 bits per heavy atom. The van der Waals surface area contributed by atoms with E-state index < -0.39 is 0 Å². The number of nitrogens with zero attached hydrogens (tertiary/aromatic N) is 1. The molecule has 1 aromatic carbocycles. The van der Waals surface area contributed by atoms with E-state index in [1.807, 2.05) is 0 Å². The smallest absolute Gasteiger partial charge is 0.315 e. The van der Waals surface area contributed by atoms with Crippen LogP contribution in [-0.2, 0) is 6.61 Å². The Morgan fingerprint density at radius 3 is 2.24 bits per heavy atom. The molecular weight excluding hydrogens is 508 g/mol. The number of nitrogens with one attached hydrogen (secondary N) is 3. The van der Waals surface area contributed by atoms with Crippen molar-refractivity contribution in [1.29, 1.82) is 0 Å². The van der Waals surface area contributed by atoms with Gasteiger partial charge in [-0.05, 0) is 93.4 Å². The van der Waals surface area contributed by atoms with Gasteiger partial charge in [-0.2, -0.15) is 0 Å². The van der Waals surface area contributed by atoms with Gasteiger partial charge in [0, 0.05) is 22.0 Å². The average molecular weight is 543 g/mol. The topological polar surface area (TPSA) is 92.4 Å². The molecule has 1 heterocycles. The van der Waals surface area contributed by atoms with Crippen LogP contribution in [0, 0.1) is 17.8 Å². The van der Waals surface area contributed by atoms with E-state index in [-0.39, 0.29) is 36.2 Å². The van der Waals surface area contributed by atoms with Crippen molar-refractivity contribution in [2.45, 2.75) is 88.4 Å². The second-order valence-corrected chi connectivity index (χ2v) is 13.0. The zero-order valence-corrected chi connectivity index (χ0v) is 22.6. The number of carbonyl (C=O) groups excluding carboxylic acids is 2. The standard InChI is InChI=1S/C28H35ClN4O3S/c29-20-5-7-21(8-6-20)36-15-25-30-24(16-37-25)26(34)31-22-3-1-2-4-23(22)32-27(35)33-28-12-17-9-18(13-28)11-19(10-17)14-28/h5-8,16-19,22-23H,1-4,9-15H2,(H,31,34)(H2,32,33,35)/t17?,18?,19?,22-,23-,28?/m0/s1. The molecule has 1 aromatic heterocycles. The second-order valence-electron chi connectivity index (χ2n) is 11.6. The molecule has 0 unspecified atom stereocenters. The van der Waals surface area contributed by atoms with Gasteiger partial charge in [0.15, 0.2) is 0 Å². The first-order chi connectivity index (χ1) is 17.9. The number of benzene rings is 1. The molecule has 37 heavy (non-hydrogen) atoms. The molecular formula is C28H35ClN4O3S. The number of hydrogen-bond acceptors (Lipinski definition) is 5. The Kier molecular flexibility index (Phi) is 7.05. The number of aromatic nitrogens is 1. The van der Waals surface area contributed by atoms with E-state index >= 15 is 0 Å². The molecule has 9 heteroatoms. The third kappa shape index (κ3) is 5.75. The summed E-state index contributed by atoms with van der Waals surface area (Å²) in [5.41, 5.74) is 0.374. The van der Waals surface area contributed by atoms with Gasteiger partial charge in [0.2, 0.25) is 0 Å². The largest absolute Gasteiger partial charge is 0.486 e. The molecule has 3 N–H and O–H groups in total. The van der Waals surface area contributed by atoms with E-state index in [0.29, 0.717) is 16.5 Å². The van der Waals surface area contributed by atoms with Crippen LogP contribution in [0.2, 0.25) is 5.02 Å². The van der Waals surface area contributed by atoms with E-state index in [9.17, 15) is 9.59 Å². The van der Waals surface area contributed by atoms with Crippen LogP contribution >= 0.6 is 22.9 Å². The molecule has 198 valence electrons. The molecule has 3 amide bonds. The van der Waals surface area contributed by atoms with Crippen molar-refractivity contribution in [3.05, 3.63) is 45.4 Å². The number of hydrogen-bond donors (Lipinski definition) is 3. The summed E-state index contributed by atoms with van der Waals surface area (Å²) in [7, 11) is 0. The van der Waals surface area contributed by atoms with Crippen LogP contribution < -0.4 is 20.7 Å². The Labute approximate surface area is 227 Å². The summed E-state index contributed by atoms with van der Waals surface area (Å²) in [5, 5.41) is 13.0. The van der Waals surface area contributed by atoms with E-state index in [4.69, 9.17) is 16.3 Å². The molecule has 7 nitrogen and oxygen atoms in total. The van der Waals surface area contributed by atoms with Gasteiger partial charge in [-0.25, -0.2) is 9.78 Å². The van der Waals surface area contributed by atoms with E-state index in [1.54, 1.807) is 29.6 Å². The highest BCUT2D eigenvalue weighted by Gasteiger charge is 2.51. The molecule has 7 rings (SSSR count).